The van der Waals surface area contributed by atoms with Crippen molar-refractivity contribution in [2.45, 2.75) is 67.3 Å². The van der Waals surface area contributed by atoms with Crippen molar-refractivity contribution in [2.24, 2.45) is 21.6 Å². The normalized spacial score (nSPS) is 12.9. The summed E-state index contributed by atoms with van der Waals surface area (Å²) < 4.78 is 0. The van der Waals surface area contributed by atoms with Crippen LogP contribution in [0.5, 0.6) is 0 Å². The molecule has 2 aliphatic heterocycles. The number of hydrogen-bond acceptors (Lipinski definition) is 4. The van der Waals surface area contributed by atoms with Crippen LogP contribution in [0.3, 0.4) is 0 Å². The van der Waals surface area contributed by atoms with Gasteiger partial charge in [0.15, 0.2) is 0 Å². The van der Waals surface area contributed by atoms with Crippen LogP contribution in [-0.4, -0.2) is 17.1 Å². The highest BCUT2D eigenvalue weighted by molar-refractivity contribution is 6.46. The van der Waals surface area contributed by atoms with Gasteiger partial charge < -0.3 is 5.73 Å². The first-order valence-electron chi connectivity index (χ1n) is 12.0. The molecule has 0 saturated heterocycles. The standard InChI is InChI=1S/C15H18N2.C9H9N.C4H10.C2H5N/c1-4-5-13(16)15-9-12-8-11(10(2)3)6-7-14(12)17-15;1-7-9-5-3-2-4-8(9)6-10-7;1-4(2)3;1-2-3/h4-8,10,16H,9H2,1-3H3;2-5H,6H2,1H3;4H,1-3H3;2H,1,3H2/b5-4-,16-13?;;;. The predicted octanol–water partition coefficient (Wildman–Crippen LogP) is 7.79. The molecular weight excluding hydrogens is 416 g/mol. The molecule has 0 aromatic heterocycles. The van der Waals surface area contributed by atoms with Gasteiger partial charge in [0, 0.05) is 17.7 Å². The number of nitrogens with one attached hydrogen (secondary N) is 1. The van der Waals surface area contributed by atoms with Gasteiger partial charge in [0.05, 0.1) is 23.7 Å². The predicted molar refractivity (Wildman–Crippen MR) is 151 cm³/mol. The van der Waals surface area contributed by atoms with Crippen LogP contribution in [0.15, 0.2) is 77.4 Å². The van der Waals surface area contributed by atoms with Crippen LogP contribution in [0.1, 0.15) is 76.6 Å². The zero-order valence-electron chi connectivity index (χ0n) is 22.0. The zero-order chi connectivity index (χ0) is 25.7. The highest BCUT2D eigenvalue weighted by Crippen LogP contribution is 2.30. The average molecular weight is 459 g/mol. The van der Waals surface area contributed by atoms with Crippen LogP contribution in [0, 0.1) is 11.3 Å². The van der Waals surface area contributed by atoms with Crippen LogP contribution in [-0.2, 0) is 13.0 Å². The van der Waals surface area contributed by atoms with E-state index in [1.165, 1.54) is 34.2 Å². The minimum Gasteiger partial charge on any atom is -0.405 e. The van der Waals surface area contributed by atoms with E-state index in [0.29, 0.717) is 11.6 Å². The van der Waals surface area contributed by atoms with Crippen molar-refractivity contribution in [3.63, 3.8) is 0 Å². The lowest BCUT2D eigenvalue weighted by molar-refractivity contribution is 0.737. The van der Waals surface area contributed by atoms with Gasteiger partial charge in [-0.3, -0.25) is 15.4 Å². The number of nitrogens with zero attached hydrogens (tertiary/aromatic N) is 2. The summed E-state index contributed by atoms with van der Waals surface area (Å²) in [6.45, 7) is 18.9. The molecule has 182 valence electrons. The lowest BCUT2D eigenvalue weighted by Crippen LogP contribution is -2.09. The Hall–Kier alpha value is -3.27. The summed E-state index contributed by atoms with van der Waals surface area (Å²) in [6, 6.07) is 14.8. The van der Waals surface area contributed by atoms with Gasteiger partial charge in [-0.25, -0.2) is 0 Å². The Labute approximate surface area is 206 Å². The molecule has 2 heterocycles. The van der Waals surface area contributed by atoms with Crippen molar-refractivity contribution in [3.05, 3.63) is 89.6 Å². The molecule has 0 aliphatic carbocycles. The second kappa shape index (κ2) is 14.8. The molecular formula is C30H42N4. The van der Waals surface area contributed by atoms with E-state index in [-0.39, 0.29) is 0 Å². The first kappa shape index (κ1) is 28.8. The van der Waals surface area contributed by atoms with Crippen molar-refractivity contribution in [1.82, 2.24) is 0 Å². The minimum absolute atomic E-state index is 0.523. The summed E-state index contributed by atoms with van der Waals surface area (Å²) >= 11 is 0. The summed E-state index contributed by atoms with van der Waals surface area (Å²) in [5.74, 6) is 1.37. The number of nitrogens with two attached hydrogens (primary N) is 1. The Morgan fingerprint density at radius 2 is 1.68 bits per heavy atom. The number of rotatable bonds is 3. The zero-order valence-corrected chi connectivity index (χ0v) is 22.0. The van der Waals surface area contributed by atoms with E-state index < -0.39 is 0 Å². The fraction of sp³-hybridized carbons (Fsp3) is 0.367. The molecule has 0 radical (unpaired) electrons. The molecule has 4 nitrogen and oxygen atoms in total. The van der Waals surface area contributed by atoms with Crippen LogP contribution in [0.25, 0.3) is 0 Å². The average Bonchev–Trinajstić information content (AvgIpc) is 3.38. The molecule has 4 rings (SSSR count). The Morgan fingerprint density at radius 1 is 1.06 bits per heavy atom. The van der Waals surface area contributed by atoms with Gasteiger partial charge >= 0.3 is 0 Å². The minimum atomic E-state index is 0.523. The molecule has 34 heavy (non-hydrogen) atoms. The Morgan fingerprint density at radius 3 is 2.24 bits per heavy atom. The molecule has 0 unspecified atom stereocenters. The number of benzene rings is 2. The fourth-order valence-corrected chi connectivity index (χ4v) is 3.30. The van der Waals surface area contributed by atoms with Gasteiger partial charge in [0.2, 0.25) is 0 Å². The third kappa shape index (κ3) is 9.30. The summed E-state index contributed by atoms with van der Waals surface area (Å²) in [5.41, 5.74) is 13.5. The van der Waals surface area contributed by atoms with E-state index in [1.807, 2.05) is 13.0 Å². The van der Waals surface area contributed by atoms with E-state index in [4.69, 9.17) is 5.41 Å². The summed E-state index contributed by atoms with van der Waals surface area (Å²) in [6.07, 6.45) is 5.72. The molecule has 0 spiro atoms. The van der Waals surface area contributed by atoms with Gasteiger partial charge in [0.25, 0.3) is 0 Å². The van der Waals surface area contributed by atoms with Crippen LogP contribution < -0.4 is 5.73 Å². The van der Waals surface area contributed by atoms with Gasteiger partial charge in [-0.2, -0.15) is 0 Å². The maximum Gasteiger partial charge on any atom is 0.0755 e. The van der Waals surface area contributed by atoms with E-state index in [9.17, 15) is 0 Å². The van der Waals surface area contributed by atoms with Crippen LogP contribution >= 0.6 is 0 Å². The largest absolute Gasteiger partial charge is 0.405 e. The lowest BCUT2D eigenvalue weighted by Gasteiger charge is -2.06. The SMILES string of the molecule is C/C=C\C(=N)C1=Nc2ccc(C(C)C)cc2C1.C=CN.CC(C)C.CC1=NCc2ccccc21. The monoisotopic (exact) mass is 458 g/mol. The van der Waals surface area contributed by atoms with Crippen molar-refractivity contribution >= 4 is 22.8 Å². The number of fused-ring (bicyclic) bond motifs is 2. The van der Waals surface area contributed by atoms with Crippen LogP contribution in [0.2, 0.25) is 0 Å². The van der Waals surface area contributed by atoms with Gasteiger partial charge in [-0.15, -0.1) is 0 Å². The van der Waals surface area contributed by atoms with Crippen LogP contribution in [0.4, 0.5) is 5.69 Å². The van der Waals surface area contributed by atoms with E-state index in [1.54, 1.807) is 6.08 Å². The maximum atomic E-state index is 7.88. The summed E-state index contributed by atoms with van der Waals surface area (Å²) in [7, 11) is 0. The summed E-state index contributed by atoms with van der Waals surface area (Å²) in [4.78, 5) is 8.83. The highest BCUT2D eigenvalue weighted by atomic mass is 14.8. The molecule has 0 atom stereocenters. The lowest BCUT2D eigenvalue weighted by atomic mass is 9.98. The first-order chi connectivity index (χ1) is 16.1. The van der Waals surface area contributed by atoms with E-state index >= 15 is 0 Å². The van der Waals surface area contributed by atoms with Gasteiger partial charge in [-0.1, -0.05) is 83.7 Å². The highest BCUT2D eigenvalue weighted by Gasteiger charge is 2.17. The first-order valence-corrected chi connectivity index (χ1v) is 12.0. The van der Waals surface area contributed by atoms with E-state index in [0.717, 1.165) is 30.3 Å². The molecule has 2 aromatic carbocycles. The second-order valence-electron chi connectivity index (χ2n) is 9.22. The maximum absolute atomic E-state index is 7.88. The van der Waals surface area contributed by atoms with Crippen molar-refractivity contribution < 1.29 is 0 Å². The molecule has 2 aliphatic rings. The van der Waals surface area contributed by atoms with Crippen molar-refractivity contribution in [2.75, 3.05) is 0 Å². The molecule has 3 N–H and O–H groups in total. The van der Waals surface area contributed by atoms with E-state index in [2.05, 4.69) is 106 Å². The smallest absolute Gasteiger partial charge is 0.0755 e. The Bertz CT molecular complexity index is 1040. The quantitative estimate of drug-likeness (QED) is 0.452. The molecule has 0 saturated carbocycles. The number of aliphatic imine (C=N–C) groups is 2. The third-order valence-corrected chi connectivity index (χ3v) is 4.92. The molecule has 2 aromatic rings. The number of allylic oxidation sites excluding steroid dienone is 2. The summed E-state index contributed by atoms with van der Waals surface area (Å²) in [5, 5.41) is 7.88. The topological polar surface area (TPSA) is 74.6 Å². The molecule has 0 fully saturated rings. The second-order valence-corrected chi connectivity index (χ2v) is 9.22. The Kier molecular flexibility index (Phi) is 12.5. The Balaban J connectivity index is 0.000000286. The van der Waals surface area contributed by atoms with Gasteiger partial charge in [-0.05, 0) is 60.7 Å². The number of hydrogen-bond donors (Lipinski definition) is 2. The van der Waals surface area contributed by atoms with Crippen molar-refractivity contribution in [1.29, 1.82) is 5.41 Å². The van der Waals surface area contributed by atoms with Gasteiger partial charge in [0.1, 0.15) is 0 Å². The third-order valence-electron chi connectivity index (χ3n) is 4.92. The molecule has 4 heteroatoms. The fourth-order valence-electron chi connectivity index (χ4n) is 3.30. The molecule has 0 bridgehead atoms. The molecule has 0 amide bonds. The van der Waals surface area contributed by atoms with Crippen molar-refractivity contribution in [3.8, 4) is 0 Å².